The highest BCUT2D eigenvalue weighted by Gasteiger charge is 2.14. The van der Waals surface area contributed by atoms with Crippen LogP contribution >= 0.6 is 0 Å². The molecule has 2 aromatic carbocycles. The molecule has 40 heavy (non-hydrogen) atoms. The monoisotopic (exact) mass is 545 g/mol. The van der Waals surface area contributed by atoms with E-state index in [-0.39, 0.29) is 11.6 Å². The molecule has 0 aliphatic carbocycles. The largest absolute Gasteiger partial charge is 0.497 e. The molecule has 3 aromatic rings. The van der Waals surface area contributed by atoms with Crippen LogP contribution in [0, 0.1) is 5.92 Å². The number of carbonyl (C=O) groups is 1. The lowest BCUT2D eigenvalue weighted by Gasteiger charge is -2.12. The molecule has 0 amide bonds. The fraction of sp³-hybridized carbons (Fsp3) is 0.382. The van der Waals surface area contributed by atoms with Gasteiger partial charge in [0.15, 0.2) is 0 Å². The minimum atomic E-state index is -0.236. The third-order valence-corrected chi connectivity index (χ3v) is 6.43. The van der Waals surface area contributed by atoms with Crippen LogP contribution in [0.5, 0.6) is 5.75 Å². The van der Waals surface area contributed by atoms with E-state index in [9.17, 15) is 9.18 Å². The van der Waals surface area contributed by atoms with Crippen molar-refractivity contribution in [3.63, 3.8) is 0 Å². The van der Waals surface area contributed by atoms with Crippen LogP contribution in [0.4, 0.5) is 4.39 Å². The van der Waals surface area contributed by atoms with Crippen LogP contribution in [0.1, 0.15) is 72.0 Å². The lowest BCUT2D eigenvalue weighted by atomic mass is 9.96. The van der Waals surface area contributed by atoms with Gasteiger partial charge in [-0.1, -0.05) is 71.2 Å². The molecule has 5 nitrogen and oxygen atoms in total. The van der Waals surface area contributed by atoms with Crippen LogP contribution < -0.4 is 4.74 Å². The molecular weight excluding hydrogens is 501 g/mol. The van der Waals surface area contributed by atoms with E-state index in [0.717, 1.165) is 53.5 Å². The van der Waals surface area contributed by atoms with Crippen molar-refractivity contribution in [1.29, 1.82) is 0 Å². The second kappa shape index (κ2) is 17.7. The standard InChI is InChI=1S/C19H18N2O2.C11H16FN.C4H10/c1-14(22)12-19-20-18(15-8-10-17(23-2)11-9-15)13-21(19)16-6-4-3-5-7-16;1-3-4-5-10-6-7-11(12)8-13-9(10)2;1-3-4-2/h3-11,13H,12H2,1-2H3;7-8,10H,2-6H2,1H3;3-4H2,1-2H3. The van der Waals surface area contributed by atoms with Gasteiger partial charge in [0, 0.05) is 29.1 Å². The smallest absolute Gasteiger partial charge is 0.137 e. The number of hydrogen-bond donors (Lipinski definition) is 0. The Hall–Kier alpha value is -3.80. The number of Topliss-reactive ketones (excluding diaryl/α,β-unsaturated/α-hetero) is 1. The number of rotatable bonds is 9. The van der Waals surface area contributed by atoms with Crippen LogP contribution in [0.2, 0.25) is 0 Å². The highest BCUT2D eigenvalue weighted by Crippen LogP contribution is 2.25. The number of imidazole rings is 1. The van der Waals surface area contributed by atoms with Gasteiger partial charge in [-0.15, -0.1) is 0 Å². The molecule has 214 valence electrons. The normalized spacial score (nSPS) is 14.2. The first-order valence-electron chi connectivity index (χ1n) is 14.2. The van der Waals surface area contributed by atoms with Gasteiger partial charge in [0.05, 0.1) is 25.4 Å². The summed E-state index contributed by atoms with van der Waals surface area (Å²) in [5.74, 6) is 1.74. The van der Waals surface area contributed by atoms with Gasteiger partial charge in [-0.3, -0.25) is 9.79 Å². The lowest BCUT2D eigenvalue weighted by molar-refractivity contribution is -0.116. The van der Waals surface area contributed by atoms with Gasteiger partial charge in [-0.05, 0) is 62.2 Å². The number of para-hydroxylation sites is 1. The topological polar surface area (TPSA) is 56.5 Å². The predicted octanol–water partition coefficient (Wildman–Crippen LogP) is 9.12. The molecule has 1 aliphatic heterocycles. The van der Waals surface area contributed by atoms with Crippen molar-refractivity contribution in [2.45, 2.75) is 72.6 Å². The van der Waals surface area contributed by atoms with Gasteiger partial charge >= 0.3 is 0 Å². The molecule has 1 aromatic heterocycles. The summed E-state index contributed by atoms with van der Waals surface area (Å²) >= 11 is 0. The summed E-state index contributed by atoms with van der Waals surface area (Å²) in [4.78, 5) is 20.2. The Morgan fingerprint density at radius 1 is 1.05 bits per heavy atom. The average Bonchev–Trinajstić information content (AvgIpc) is 3.32. The van der Waals surface area contributed by atoms with E-state index in [2.05, 4.69) is 37.3 Å². The summed E-state index contributed by atoms with van der Waals surface area (Å²) in [6.07, 6.45) is 11.9. The van der Waals surface area contributed by atoms with Crippen LogP contribution in [0.25, 0.3) is 16.9 Å². The summed E-state index contributed by atoms with van der Waals surface area (Å²) < 4.78 is 19.9. The quantitative estimate of drug-likeness (QED) is 0.269. The Kier molecular flexibility index (Phi) is 14.4. The van der Waals surface area contributed by atoms with Crippen molar-refractivity contribution in [3.05, 3.63) is 90.8 Å². The van der Waals surface area contributed by atoms with Crippen LogP contribution in [0.3, 0.4) is 0 Å². The van der Waals surface area contributed by atoms with Crippen molar-refractivity contribution < 1.29 is 13.9 Å². The van der Waals surface area contributed by atoms with Gasteiger partial charge in [0.2, 0.25) is 0 Å². The van der Waals surface area contributed by atoms with E-state index in [1.165, 1.54) is 25.5 Å². The summed E-state index contributed by atoms with van der Waals surface area (Å²) in [6, 6.07) is 17.7. The molecule has 1 atom stereocenters. The van der Waals surface area contributed by atoms with Crippen molar-refractivity contribution in [3.8, 4) is 22.7 Å². The Morgan fingerprint density at radius 3 is 2.30 bits per heavy atom. The zero-order valence-electron chi connectivity index (χ0n) is 24.7. The number of aromatic nitrogens is 2. The number of ether oxygens (including phenoxy) is 1. The predicted molar refractivity (Wildman–Crippen MR) is 165 cm³/mol. The highest BCUT2D eigenvalue weighted by molar-refractivity contribution is 5.78. The number of hydrogen-bond acceptors (Lipinski definition) is 4. The number of allylic oxidation sites excluding steroid dienone is 3. The second-order valence-corrected chi connectivity index (χ2v) is 9.77. The highest BCUT2D eigenvalue weighted by atomic mass is 19.1. The molecule has 4 rings (SSSR count). The first kappa shape index (κ1) is 32.4. The summed E-state index contributed by atoms with van der Waals surface area (Å²) in [5, 5.41) is 0. The molecule has 0 spiro atoms. The lowest BCUT2D eigenvalue weighted by Crippen LogP contribution is -2.05. The molecule has 0 saturated heterocycles. The number of halogens is 1. The molecule has 0 N–H and O–H groups in total. The second-order valence-electron chi connectivity index (χ2n) is 9.77. The van der Waals surface area contributed by atoms with Crippen molar-refractivity contribution in [2.24, 2.45) is 10.9 Å². The van der Waals surface area contributed by atoms with Crippen molar-refractivity contribution >= 4 is 12.0 Å². The first-order chi connectivity index (χ1) is 19.3. The molecule has 0 radical (unpaired) electrons. The van der Waals surface area contributed by atoms with E-state index in [0.29, 0.717) is 12.3 Å². The van der Waals surface area contributed by atoms with Gasteiger partial charge in [-0.2, -0.15) is 0 Å². The Balaban J connectivity index is 0.000000278. The van der Waals surface area contributed by atoms with Crippen LogP contribution in [-0.2, 0) is 11.2 Å². The van der Waals surface area contributed by atoms with E-state index in [1.807, 2.05) is 65.4 Å². The number of carbonyl (C=O) groups excluding carboxylic acids is 1. The number of unbranched alkanes of at least 4 members (excludes halogenated alkanes) is 2. The molecule has 2 heterocycles. The third kappa shape index (κ3) is 10.8. The Morgan fingerprint density at radius 2 is 1.73 bits per heavy atom. The zero-order chi connectivity index (χ0) is 29.3. The Bertz CT molecular complexity index is 1240. The van der Waals surface area contributed by atoms with Gasteiger partial charge in [-0.25, -0.2) is 9.37 Å². The minimum Gasteiger partial charge on any atom is -0.497 e. The first-order valence-corrected chi connectivity index (χ1v) is 14.2. The molecule has 1 aliphatic rings. The number of methoxy groups -OCH3 is 1. The van der Waals surface area contributed by atoms with Crippen LogP contribution in [-0.4, -0.2) is 28.7 Å². The summed E-state index contributed by atoms with van der Waals surface area (Å²) in [6.45, 7) is 11.9. The maximum atomic E-state index is 12.8. The zero-order valence-corrected chi connectivity index (χ0v) is 24.7. The fourth-order valence-corrected chi connectivity index (χ4v) is 3.91. The van der Waals surface area contributed by atoms with Crippen LogP contribution in [0.15, 0.2) is 90.0 Å². The van der Waals surface area contributed by atoms with Gasteiger partial charge < -0.3 is 9.30 Å². The molecule has 1 unspecified atom stereocenters. The maximum Gasteiger partial charge on any atom is 0.137 e. The SMILES string of the molecule is C=C1N=CC(F)=CCC1CCCC.CCCC.COc1ccc(-c2cn(-c3ccccc3)c(CC(C)=O)n2)cc1. The summed E-state index contributed by atoms with van der Waals surface area (Å²) in [7, 11) is 1.64. The van der Waals surface area contributed by atoms with Crippen molar-refractivity contribution in [2.75, 3.05) is 7.11 Å². The number of aliphatic imine (C=N–C) groups is 1. The van der Waals surface area contributed by atoms with E-state index < -0.39 is 0 Å². The molecule has 0 fully saturated rings. The third-order valence-electron chi connectivity index (χ3n) is 6.43. The number of benzene rings is 2. The molecular formula is C34H44FN3O2. The number of nitrogens with zero attached hydrogens (tertiary/aromatic N) is 3. The summed E-state index contributed by atoms with van der Waals surface area (Å²) in [5.41, 5.74) is 3.64. The minimum absolute atomic E-state index is 0.0917. The van der Waals surface area contributed by atoms with Gasteiger partial charge in [0.1, 0.15) is 23.2 Å². The average molecular weight is 546 g/mol. The van der Waals surface area contributed by atoms with E-state index in [4.69, 9.17) is 4.74 Å². The molecule has 0 bridgehead atoms. The Labute approximate surface area is 239 Å². The fourth-order valence-electron chi connectivity index (χ4n) is 3.91. The maximum absolute atomic E-state index is 12.8. The van der Waals surface area contributed by atoms with Crippen molar-refractivity contribution in [1.82, 2.24) is 9.55 Å². The molecule has 0 saturated carbocycles. The van der Waals surface area contributed by atoms with E-state index in [1.54, 1.807) is 20.1 Å². The number of ketones is 1. The van der Waals surface area contributed by atoms with E-state index >= 15 is 0 Å². The van der Waals surface area contributed by atoms with Gasteiger partial charge in [0.25, 0.3) is 0 Å². The molecule has 6 heteroatoms.